The first-order chi connectivity index (χ1) is 21.1. The molecule has 244 valence electrons. The van der Waals surface area contributed by atoms with Crippen molar-refractivity contribution in [3.63, 3.8) is 0 Å². The number of sulfonamides is 1. The fraction of sp³-hybridized carbons (Fsp3) is 0.414. The summed E-state index contributed by atoms with van der Waals surface area (Å²) >= 11 is 6.05. The van der Waals surface area contributed by atoms with Gasteiger partial charge in [0, 0.05) is 42.8 Å². The van der Waals surface area contributed by atoms with Crippen LogP contribution in [0.25, 0.3) is 0 Å². The monoisotopic (exact) mass is 672 g/mol. The summed E-state index contributed by atoms with van der Waals surface area (Å²) in [4.78, 5) is 22.9. The molecule has 45 heavy (non-hydrogen) atoms. The van der Waals surface area contributed by atoms with Gasteiger partial charge in [-0.05, 0) is 62.8 Å². The molecule has 0 atom stereocenters. The molecule has 0 radical (unpaired) electrons. The summed E-state index contributed by atoms with van der Waals surface area (Å²) in [6.07, 6.45) is -1.98. The Balaban J connectivity index is 1.60. The van der Waals surface area contributed by atoms with Crippen LogP contribution in [0.5, 0.6) is 5.75 Å². The van der Waals surface area contributed by atoms with E-state index in [0.29, 0.717) is 11.8 Å². The SMILES string of the molecule is COc1cc(C(=O)NC2CCN(C)CC2)c(F)cc1Cc1ncc(C(F)(F)F)c(NCc2ccc(Cl)cc2N(C)S(C)(=O)=O)n1. The zero-order valence-electron chi connectivity index (χ0n) is 25.0. The number of ether oxygens (including phenoxy) is 1. The van der Waals surface area contributed by atoms with Gasteiger partial charge in [0.2, 0.25) is 10.0 Å². The number of benzene rings is 2. The number of rotatable bonds is 10. The Hall–Kier alpha value is -3.69. The van der Waals surface area contributed by atoms with Crippen molar-refractivity contribution in [2.75, 3.05) is 50.2 Å². The summed E-state index contributed by atoms with van der Waals surface area (Å²) in [5.41, 5.74) is -0.661. The summed E-state index contributed by atoms with van der Waals surface area (Å²) in [5, 5.41) is 5.72. The quantitative estimate of drug-likeness (QED) is 0.298. The first-order valence-corrected chi connectivity index (χ1v) is 16.0. The van der Waals surface area contributed by atoms with Gasteiger partial charge in [0.1, 0.15) is 28.8 Å². The molecule has 1 saturated heterocycles. The molecule has 0 saturated carbocycles. The van der Waals surface area contributed by atoms with Gasteiger partial charge in [-0.25, -0.2) is 22.8 Å². The molecule has 3 aromatic rings. The van der Waals surface area contributed by atoms with E-state index in [1.807, 2.05) is 7.05 Å². The molecule has 2 N–H and O–H groups in total. The lowest BCUT2D eigenvalue weighted by Gasteiger charge is -2.29. The standard InChI is InChI=1S/C29H33ClF4N6O4S/c1-39-9-7-20(8-10-39)37-28(41)21-14-25(44-3)18(11-23(21)31)12-26-35-16-22(29(32,33)34)27(38-26)36-15-17-5-6-19(30)13-24(17)40(2)45(4,42)43/h5-6,11,13-14,16,20H,7-10,12,15H2,1-4H3,(H,37,41)(H,35,36,38). The van der Waals surface area contributed by atoms with Crippen LogP contribution in [0.3, 0.4) is 0 Å². The van der Waals surface area contributed by atoms with E-state index < -0.39 is 39.3 Å². The maximum Gasteiger partial charge on any atom is 0.421 e. The maximum absolute atomic E-state index is 15.2. The second-order valence-electron chi connectivity index (χ2n) is 10.8. The van der Waals surface area contributed by atoms with E-state index >= 15 is 4.39 Å². The summed E-state index contributed by atoms with van der Waals surface area (Å²) in [6, 6.07) is 6.58. The fourth-order valence-electron chi connectivity index (χ4n) is 4.87. The number of carbonyl (C=O) groups excluding carboxylic acids is 1. The molecule has 10 nitrogen and oxygen atoms in total. The number of halogens is 5. The van der Waals surface area contributed by atoms with Crippen LogP contribution < -0.4 is 19.7 Å². The third-order valence-corrected chi connectivity index (χ3v) is 8.92. The van der Waals surface area contributed by atoms with E-state index in [2.05, 4.69) is 25.5 Å². The van der Waals surface area contributed by atoms with Crippen molar-refractivity contribution in [3.8, 4) is 5.75 Å². The number of amides is 1. The van der Waals surface area contributed by atoms with Crippen LogP contribution in [0.2, 0.25) is 5.02 Å². The summed E-state index contributed by atoms with van der Waals surface area (Å²) in [6.45, 7) is 1.36. The van der Waals surface area contributed by atoms with Crippen LogP contribution in [0.4, 0.5) is 29.1 Å². The van der Waals surface area contributed by atoms with Crippen molar-refractivity contribution < 1.29 is 35.5 Å². The Morgan fingerprint density at radius 3 is 2.49 bits per heavy atom. The molecule has 0 bridgehead atoms. The lowest BCUT2D eigenvalue weighted by molar-refractivity contribution is -0.137. The van der Waals surface area contributed by atoms with Gasteiger partial charge in [0.25, 0.3) is 5.91 Å². The van der Waals surface area contributed by atoms with Gasteiger partial charge in [0.15, 0.2) is 0 Å². The highest BCUT2D eigenvalue weighted by atomic mass is 35.5. The number of piperidine rings is 1. The van der Waals surface area contributed by atoms with Crippen LogP contribution in [0.15, 0.2) is 36.5 Å². The summed E-state index contributed by atoms with van der Waals surface area (Å²) < 4.78 is 87.5. The number of methoxy groups -OCH3 is 1. The second-order valence-corrected chi connectivity index (χ2v) is 13.2. The van der Waals surface area contributed by atoms with Crippen molar-refractivity contribution in [1.29, 1.82) is 0 Å². The number of hydrogen-bond acceptors (Lipinski definition) is 8. The van der Waals surface area contributed by atoms with Crippen LogP contribution in [-0.4, -0.2) is 75.8 Å². The molecule has 1 amide bonds. The number of carbonyl (C=O) groups is 1. The van der Waals surface area contributed by atoms with Crippen molar-refractivity contribution in [3.05, 3.63) is 75.4 Å². The third-order valence-electron chi connectivity index (χ3n) is 7.49. The normalized spacial score (nSPS) is 14.7. The largest absolute Gasteiger partial charge is 0.496 e. The Morgan fingerprint density at radius 2 is 1.87 bits per heavy atom. The second kappa shape index (κ2) is 13.7. The molecule has 0 unspecified atom stereocenters. The Kier molecular flexibility index (Phi) is 10.4. The highest BCUT2D eigenvalue weighted by molar-refractivity contribution is 7.92. The smallest absolute Gasteiger partial charge is 0.421 e. The predicted octanol–water partition coefficient (Wildman–Crippen LogP) is 4.72. The highest BCUT2D eigenvalue weighted by Gasteiger charge is 2.35. The summed E-state index contributed by atoms with van der Waals surface area (Å²) in [7, 11) is 0.899. The molecule has 1 aromatic heterocycles. The molecule has 16 heteroatoms. The number of likely N-dealkylation sites (tertiary alicyclic amines) is 1. The van der Waals surface area contributed by atoms with Crippen molar-refractivity contribution in [1.82, 2.24) is 20.2 Å². The summed E-state index contributed by atoms with van der Waals surface area (Å²) in [5.74, 6) is -1.93. The fourth-order valence-corrected chi connectivity index (χ4v) is 5.56. The van der Waals surface area contributed by atoms with Gasteiger partial charge in [-0.1, -0.05) is 17.7 Å². The molecule has 1 aliphatic rings. The molecular weight excluding hydrogens is 640 g/mol. The van der Waals surface area contributed by atoms with Crippen molar-refractivity contribution in [2.24, 2.45) is 0 Å². The van der Waals surface area contributed by atoms with Gasteiger partial charge in [-0.3, -0.25) is 9.10 Å². The zero-order chi connectivity index (χ0) is 33.1. The van der Waals surface area contributed by atoms with Crippen molar-refractivity contribution in [2.45, 2.75) is 38.0 Å². The number of hydrogen-bond donors (Lipinski definition) is 2. The average molecular weight is 673 g/mol. The van der Waals surface area contributed by atoms with E-state index in [4.69, 9.17) is 16.3 Å². The van der Waals surface area contributed by atoms with Crippen LogP contribution in [-0.2, 0) is 29.2 Å². The van der Waals surface area contributed by atoms with Gasteiger partial charge >= 0.3 is 6.18 Å². The van der Waals surface area contributed by atoms with E-state index in [-0.39, 0.29) is 52.4 Å². The lowest BCUT2D eigenvalue weighted by atomic mass is 10.0. The molecule has 1 fully saturated rings. The van der Waals surface area contributed by atoms with Crippen LogP contribution in [0, 0.1) is 5.82 Å². The Labute approximate surface area is 263 Å². The third kappa shape index (κ3) is 8.52. The average Bonchev–Trinajstić information content (AvgIpc) is 2.96. The van der Waals surface area contributed by atoms with Crippen molar-refractivity contribution >= 4 is 39.0 Å². The van der Waals surface area contributed by atoms with Gasteiger partial charge in [0.05, 0.1) is 24.6 Å². The molecule has 1 aliphatic heterocycles. The molecule has 0 spiro atoms. The number of nitrogens with one attached hydrogen (secondary N) is 2. The minimum absolute atomic E-state index is 0.0867. The van der Waals surface area contributed by atoms with E-state index in [9.17, 15) is 26.4 Å². The van der Waals surface area contributed by atoms with E-state index in [0.717, 1.165) is 42.6 Å². The minimum atomic E-state index is -4.82. The Bertz CT molecular complexity index is 1670. The molecule has 0 aliphatic carbocycles. The number of aromatic nitrogens is 2. The highest BCUT2D eigenvalue weighted by Crippen LogP contribution is 2.35. The first kappa shape index (κ1) is 34.2. The van der Waals surface area contributed by atoms with E-state index in [1.165, 1.54) is 38.4 Å². The number of anilines is 2. The number of alkyl halides is 3. The lowest BCUT2D eigenvalue weighted by Crippen LogP contribution is -2.43. The van der Waals surface area contributed by atoms with Gasteiger partial charge < -0.3 is 20.3 Å². The predicted molar refractivity (Wildman–Crippen MR) is 163 cm³/mol. The maximum atomic E-state index is 15.2. The molecule has 2 aromatic carbocycles. The molecule has 4 rings (SSSR count). The molecular formula is C29H33ClF4N6O4S. The van der Waals surface area contributed by atoms with Gasteiger partial charge in [-0.15, -0.1) is 0 Å². The first-order valence-electron chi connectivity index (χ1n) is 13.8. The Morgan fingerprint density at radius 1 is 1.18 bits per heavy atom. The minimum Gasteiger partial charge on any atom is -0.496 e. The zero-order valence-corrected chi connectivity index (χ0v) is 26.6. The van der Waals surface area contributed by atoms with E-state index in [1.54, 1.807) is 0 Å². The van der Waals surface area contributed by atoms with Gasteiger partial charge in [-0.2, -0.15) is 13.2 Å². The molecule has 2 heterocycles. The topological polar surface area (TPSA) is 117 Å². The van der Waals surface area contributed by atoms with Crippen LogP contribution >= 0.6 is 11.6 Å². The van der Waals surface area contributed by atoms with Crippen LogP contribution in [0.1, 0.15) is 45.7 Å². The number of nitrogens with zero attached hydrogens (tertiary/aromatic N) is 4.